The van der Waals surface area contributed by atoms with Gasteiger partial charge in [-0.25, -0.2) is 4.98 Å². The molecule has 0 fully saturated rings. The molecule has 0 atom stereocenters. The molecule has 0 radical (unpaired) electrons. The Hall–Kier alpha value is -2.15. The van der Waals surface area contributed by atoms with Gasteiger partial charge in [0, 0.05) is 41.9 Å². The van der Waals surface area contributed by atoms with Crippen molar-refractivity contribution in [2.45, 2.75) is 13.3 Å². The first-order chi connectivity index (χ1) is 9.58. The summed E-state index contributed by atoms with van der Waals surface area (Å²) in [5.74, 6) is 0.465. The first-order valence-corrected chi connectivity index (χ1v) is 6.95. The molecule has 0 aliphatic rings. The van der Waals surface area contributed by atoms with Crippen LogP contribution >= 0.6 is 11.3 Å². The Bertz CT molecular complexity index is 613. The maximum atomic E-state index is 10.8. The fourth-order valence-corrected chi connectivity index (χ4v) is 2.52. The van der Waals surface area contributed by atoms with Crippen LogP contribution in [0, 0.1) is 17.0 Å². The number of anilines is 1. The molecule has 1 N–H and O–H groups in total. The van der Waals surface area contributed by atoms with Crippen LogP contribution in [-0.4, -0.2) is 23.6 Å². The maximum absolute atomic E-state index is 10.8. The number of thiazole rings is 1. The summed E-state index contributed by atoms with van der Waals surface area (Å²) in [6.45, 7) is 2.62. The van der Waals surface area contributed by atoms with Crippen LogP contribution in [0.15, 0.2) is 23.6 Å². The van der Waals surface area contributed by atoms with Crippen LogP contribution in [0.2, 0.25) is 0 Å². The van der Waals surface area contributed by atoms with Crippen molar-refractivity contribution in [3.8, 4) is 5.75 Å². The van der Waals surface area contributed by atoms with Crippen LogP contribution in [0.1, 0.15) is 10.7 Å². The van der Waals surface area contributed by atoms with Crippen molar-refractivity contribution in [3.05, 3.63) is 44.4 Å². The van der Waals surface area contributed by atoms with Crippen molar-refractivity contribution < 1.29 is 9.66 Å². The van der Waals surface area contributed by atoms with Crippen molar-refractivity contribution in [2.24, 2.45) is 0 Å². The summed E-state index contributed by atoms with van der Waals surface area (Å²) in [6, 6.07) is 4.63. The second kappa shape index (κ2) is 6.33. The highest BCUT2D eigenvalue weighted by Crippen LogP contribution is 2.25. The molecule has 2 rings (SSSR count). The molecule has 1 aromatic heterocycles. The molecular weight excluding hydrogens is 278 g/mol. The molecule has 0 amide bonds. The van der Waals surface area contributed by atoms with E-state index in [4.69, 9.17) is 4.74 Å². The van der Waals surface area contributed by atoms with Crippen LogP contribution in [0.25, 0.3) is 0 Å². The van der Waals surface area contributed by atoms with Crippen LogP contribution in [-0.2, 0) is 6.42 Å². The average Bonchev–Trinajstić information content (AvgIpc) is 2.84. The monoisotopic (exact) mass is 293 g/mol. The number of non-ortho nitro benzene ring substituents is 1. The molecular formula is C13H15N3O3S. The number of ether oxygens (including phenoxy) is 1. The van der Waals surface area contributed by atoms with Crippen molar-refractivity contribution in [1.82, 2.24) is 4.98 Å². The highest BCUT2D eigenvalue weighted by atomic mass is 32.1. The zero-order valence-corrected chi connectivity index (χ0v) is 12.1. The number of hydrogen-bond donors (Lipinski definition) is 1. The zero-order valence-electron chi connectivity index (χ0n) is 11.3. The fraction of sp³-hybridized carbons (Fsp3) is 0.308. The van der Waals surface area contributed by atoms with E-state index in [0.717, 1.165) is 17.1 Å². The van der Waals surface area contributed by atoms with E-state index >= 15 is 0 Å². The van der Waals surface area contributed by atoms with E-state index in [2.05, 4.69) is 10.3 Å². The van der Waals surface area contributed by atoms with Gasteiger partial charge in [0.05, 0.1) is 23.1 Å². The molecule has 1 heterocycles. The number of nitro benzene ring substituents is 1. The van der Waals surface area contributed by atoms with Crippen molar-refractivity contribution in [3.63, 3.8) is 0 Å². The molecule has 2 aromatic rings. The molecule has 6 nitrogen and oxygen atoms in total. The van der Waals surface area contributed by atoms with Crippen LogP contribution in [0.5, 0.6) is 5.75 Å². The Balaban J connectivity index is 2.01. The lowest BCUT2D eigenvalue weighted by Gasteiger charge is -2.07. The Kier molecular flexibility index (Phi) is 4.52. The summed E-state index contributed by atoms with van der Waals surface area (Å²) < 4.78 is 5.06. The third-order valence-corrected chi connectivity index (χ3v) is 3.70. The zero-order chi connectivity index (χ0) is 14.5. The lowest BCUT2D eigenvalue weighted by Crippen LogP contribution is -2.05. The van der Waals surface area contributed by atoms with E-state index in [9.17, 15) is 10.1 Å². The summed E-state index contributed by atoms with van der Waals surface area (Å²) in [5, 5.41) is 17.0. The minimum absolute atomic E-state index is 0.0111. The summed E-state index contributed by atoms with van der Waals surface area (Å²) >= 11 is 1.62. The number of methoxy groups -OCH3 is 1. The van der Waals surface area contributed by atoms with Gasteiger partial charge in [-0.2, -0.15) is 0 Å². The van der Waals surface area contributed by atoms with Crippen LogP contribution < -0.4 is 10.1 Å². The summed E-state index contributed by atoms with van der Waals surface area (Å²) in [4.78, 5) is 14.8. The topological polar surface area (TPSA) is 77.3 Å². The van der Waals surface area contributed by atoms with Gasteiger partial charge < -0.3 is 10.1 Å². The Morgan fingerprint density at radius 2 is 2.25 bits per heavy atom. The predicted octanol–water partition coefficient (Wildman–Crippen LogP) is 3.02. The van der Waals surface area contributed by atoms with Crippen LogP contribution in [0.3, 0.4) is 0 Å². The number of benzene rings is 1. The molecule has 0 bridgehead atoms. The third-order valence-electron chi connectivity index (χ3n) is 2.67. The Morgan fingerprint density at radius 1 is 1.45 bits per heavy atom. The highest BCUT2D eigenvalue weighted by molar-refractivity contribution is 7.09. The minimum Gasteiger partial charge on any atom is -0.496 e. The largest absolute Gasteiger partial charge is 0.496 e. The molecule has 0 saturated carbocycles. The van der Waals surface area contributed by atoms with Crippen molar-refractivity contribution in [2.75, 3.05) is 19.0 Å². The Morgan fingerprint density at radius 3 is 2.85 bits per heavy atom. The second-order valence-corrected chi connectivity index (χ2v) is 5.18. The molecule has 0 aliphatic heterocycles. The molecule has 0 spiro atoms. The first kappa shape index (κ1) is 14.3. The van der Waals surface area contributed by atoms with E-state index < -0.39 is 4.92 Å². The normalized spacial score (nSPS) is 10.3. The van der Waals surface area contributed by atoms with Crippen molar-refractivity contribution in [1.29, 1.82) is 0 Å². The van der Waals surface area contributed by atoms with E-state index in [-0.39, 0.29) is 5.69 Å². The fourth-order valence-electron chi connectivity index (χ4n) is 1.74. The van der Waals surface area contributed by atoms with Crippen LogP contribution in [0.4, 0.5) is 11.4 Å². The first-order valence-electron chi connectivity index (χ1n) is 6.07. The highest BCUT2D eigenvalue weighted by Gasteiger charge is 2.10. The number of rotatable bonds is 6. The Labute approximate surface area is 120 Å². The SMILES string of the molecule is COc1cc(NCCc2nc(C)cs2)cc([N+](=O)[O-])c1. The minimum atomic E-state index is -0.433. The lowest BCUT2D eigenvalue weighted by atomic mass is 10.2. The second-order valence-electron chi connectivity index (χ2n) is 4.24. The van der Waals surface area contributed by atoms with Gasteiger partial charge >= 0.3 is 0 Å². The number of hydrogen-bond acceptors (Lipinski definition) is 6. The quantitative estimate of drug-likeness (QED) is 0.654. The van der Waals surface area contributed by atoms with Gasteiger partial charge in [-0.15, -0.1) is 11.3 Å². The number of nitro groups is 1. The molecule has 0 saturated heterocycles. The standard InChI is InChI=1S/C13H15N3O3S/c1-9-8-20-13(15-9)3-4-14-10-5-11(16(17)18)7-12(6-10)19-2/h5-8,14H,3-4H2,1-2H3. The third kappa shape index (κ3) is 3.67. The maximum Gasteiger partial charge on any atom is 0.275 e. The van der Waals surface area contributed by atoms with E-state index in [1.807, 2.05) is 12.3 Å². The molecule has 20 heavy (non-hydrogen) atoms. The molecule has 106 valence electrons. The van der Waals surface area contributed by atoms with E-state index in [1.54, 1.807) is 17.4 Å². The summed E-state index contributed by atoms with van der Waals surface area (Å²) in [7, 11) is 1.49. The van der Waals surface area contributed by atoms with E-state index in [1.165, 1.54) is 19.2 Å². The molecule has 0 aliphatic carbocycles. The average molecular weight is 293 g/mol. The van der Waals surface area contributed by atoms with Crippen molar-refractivity contribution >= 4 is 22.7 Å². The molecule has 1 aromatic carbocycles. The predicted molar refractivity (Wildman–Crippen MR) is 78.7 cm³/mol. The summed E-state index contributed by atoms with van der Waals surface area (Å²) in [5.41, 5.74) is 1.70. The number of nitrogens with one attached hydrogen (secondary N) is 1. The van der Waals surface area contributed by atoms with Gasteiger partial charge in [-0.05, 0) is 6.92 Å². The number of nitrogens with zero attached hydrogens (tertiary/aromatic N) is 2. The van der Waals surface area contributed by atoms with Gasteiger partial charge in [0.2, 0.25) is 0 Å². The van der Waals surface area contributed by atoms with Gasteiger partial charge in [0.15, 0.2) is 0 Å². The number of aromatic nitrogens is 1. The van der Waals surface area contributed by atoms with Gasteiger partial charge in [-0.3, -0.25) is 10.1 Å². The smallest absolute Gasteiger partial charge is 0.275 e. The number of aryl methyl sites for hydroxylation is 1. The van der Waals surface area contributed by atoms with Gasteiger partial charge in [0.25, 0.3) is 5.69 Å². The van der Waals surface area contributed by atoms with Gasteiger partial charge in [0.1, 0.15) is 5.75 Å². The molecule has 0 unspecified atom stereocenters. The van der Waals surface area contributed by atoms with Gasteiger partial charge in [-0.1, -0.05) is 0 Å². The molecule has 7 heteroatoms. The summed E-state index contributed by atoms with van der Waals surface area (Å²) in [6.07, 6.45) is 0.781. The lowest BCUT2D eigenvalue weighted by molar-refractivity contribution is -0.384. The van der Waals surface area contributed by atoms with E-state index in [0.29, 0.717) is 18.0 Å².